The minimum Gasteiger partial charge on any atom is -0.461 e. The van der Waals surface area contributed by atoms with Crippen LogP contribution in [0.25, 0.3) is 17.4 Å². The highest BCUT2D eigenvalue weighted by atomic mass is 16.3. The zero-order valence-electron chi connectivity index (χ0n) is 17.0. The summed E-state index contributed by atoms with van der Waals surface area (Å²) in [4.78, 5) is 26.2. The van der Waals surface area contributed by atoms with Crippen LogP contribution in [0.2, 0.25) is 0 Å². The van der Waals surface area contributed by atoms with Crippen molar-refractivity contribution in [3.63, 3.8) is 0 Å². The van der Waals surface area contributed by atoms with Gasteiger partial charge in [-0.2, -0.15) is 19.5 Å². The molecule has 0 spiro atoms. The van der Waals surface area contributed by atoms with E-state index in [4.69, 9.17) is 4.42 Å². The number of aromatic nitrogens is 5. The summed E-state index contributed by atoms with van der Waals surface area (Å²) in [5.74, 6) is 1.77. The molecule has 1 aromatic carbocycles. The van der Waals surface area contributed by atoms with Gasteiger partial charge >= 0.3 is 0 Å². The smallest absolute Gasteiger partial charge is 0.259 e. The van der Waals surface area contributed by atoms with Crippen LogP contribution in [0.15, 0.2) is 53.1 Å². The molecule has 0 saturated heterocycles. The van der Waals surface area contributed by atoms with Crippen LogP contribution in [0.1, 0.15) is 37.7 Å². The van der Waals surface area contributed by atoms with E-state index in [2.05, 4.69) is 30.7 Å². The number of fused-ring (bicyclic) bond motifs is 1. The van der Waals surface area contributed by atoms with Crippen molar-refractivity contribution < 1.29 is 9.21 Å². The maximum Gasteiger partial charge on any atom is 0.259 e. The molecule has 9 heteroatoms. The summed E-state index contributed by atoms with van der Waals surface area (Å²) in [6, 6.07) is 13.4. The Morgan fingerprint density at radius 1 is 1.03 bits per heavy atom. The Morgan fingerprint density at radius 3 is 2.65 bits per heavy atom. The molecule has 158 valence electrons. The molecule has 0 unspecified atom stereocenters. The van der Waals surface area contributed by atoms with Crippen molar-refractivity contribution in [3.8, 4) is 11.6 Å². The van der Waals surface area contributed by atoms with E-state index < -0.39 is 0 Å². The van der Waals surface area contributed by atoms with E-state index in [9.17, 15) is 4.79 Å². The predicted molar refractivity (Wildman–Crippen MR) is 116 cm³/mol. The van der Waals surface area contributed by atoms with E-state index in [1.165, 1.54) is 23.8 Å². The van der Waals surface area contributed by atoms with Crippen molar-refractivity contribution in [2.45, 2.75) is 44.6 Å². The summed E-state index contributed by atoms with van der Waals surface area (Å²) < 4.78 is 6.85. The van der Waals surface area contributed by atoms with E-state index in [1.807, 2.05) is 30.3 Å². The number of furan rings is 1. The first-order valence-electron chi connectivity index (χ1n) is 10.5. The third-order valence-corrected chi connectivity index (χ3v) is 5.35. The number of hydrogen-bond acceptors (Lipinski definition) is 7. The van der Waals surface area contributed by atoms with Crippen LogP contribution in [-0.2, 0) is 11.2 Å². The molecule has 9 nitrogen and oxygen atoms in total. The Labute approximate surface area is 178 Å². The van der Waals surface area contributed by atoms with Crippen LogP contribution in [0.4, 0.5) is 11.9 Å². The van der Waals surface area contributed by atoms with Gasteiger partial charge in [-0.3, -0.25) is 10.1 Å². The maximum atomic E-state index is 12.7. The van der Waals surface area contributed by atoms with Gasteiger partial charge < -0.3 is 9.73 Å². The monoisotopic (exact) mass is 417 g/mol. The lowest BCUT2D eigenvalue weighted by molar-refractivity contribution is -0.115. The summed E-state index contributed by atoms with van der Waals surface area (Å²) in [5.41, 5.74) is 0.917. The fourth-order valence-electron chi connectivity index (χ4n) is 3.82. The van der Waals surface area contributed by atoms with Crippen LogP contribution in [-0.4, -0.2) is 36.5 Å². The number of nitrogens with zero attached hydrogens (tertiary/aromatic N) is 5. The Hall–Kier alpha value is -3.75. The molecule has 1 aliphatic rings. The molecule has 0 aliphatic heterocycles. The maximum absolute atomic E-state index is 12.7. The average Bonchev–Trinajstić information content (AvgIpc) is 3.45. The van der Waals surface area contributed by atoms with Crippen molar-refractivity contribution in [1.29, 1.82) is 0 Å². The second-order valence-electron chi connectivity index (χ2n) is 7.69. The van der Waals surface area contributed by atoms with Crippen molar-refractivity contribution in [1.82, 2.24) is 24.6 Å². The Kier molecular flexibility index (Phi) is 5.30. The molecule has 1 aliphatic carbocycles. The largest absolute Gasteiger partial charge is 0.461 e. The SMILES string of the molecule is O=C(Cc1ccccc1)Nc1nc(NC2CCCCC2)nc2nc(-c3ccco3)nn12. The summed E-state index contributed by atoms with van der Waals surface area (Å²) >= 11 is 0. The number of rotatable bonds is 6. The molecule has 0 atom stereocenters. The molecule has 5 rings (SSSR count). The number of carbonyl (C=O) groups is 1. The van der Waals surface area contributed by atoms with Crippen molar-refractivity contribution in [3.05, 3.63) is 54.3 Å². The molecule has 3 aromatic heterocycles. The van der Waals surface area contributed by atoms with Crippen LogP contribution in [0.3, 0.4) is 0 Å². The van der Waals surface area contributed by atoms with Gasteiger partial charge in [-0.1, -0.05) is 49.6 Å². The fraction of sp³-hybridized carbons (Fsp3) is 0.318. The van der Waals surface area contributed by atoms with Gasteiger partial charge in [0.2, 0.25) is 23.6 Å². The number of benzene rings is 1. The second-order valence-corrected chi connectivity index (χ2v) is 7.69. The molecule has 1 amide bonds. The van der Waals surface area contributed by atoms with Crippen LogP contribution in [0, 0.1) is 0 Å². The number of hydrogen-bond donors (Lipinski definition) is 2. The van der Waals surface area contributed by atoms with Crippen molar-refractivity contribution >= 4 is 23.6 Å². The minimum absolute atomic E-state index is 0.190. The topological polar surface area (TPSA) is 110 Å². The zero-order valence-corrected chi connectivity index (χ0v) is 17.0. The van der Waals surface area contributed by atoms with Crippen molar-refractivity contribution in [2.24, 2.45) is 0 Å². The van der Waals surface area contributed by atoms with Crippen LogP contribution in [0.5, 0.6) is 0 Å². The first kappa shape index (κ1) is 19.2. The fourth-order valence-corrected chi connectivity index (χ4v) is 3.82. The van der Waals surface area contributed by atoms with Gasteiger partial charge in [-0.25, -0.2) is 0 Å². The first-order valence-corrected chi connectivity index (χ1v) is 10.5. The van der Waals surface area contributed by atoms with Gasteiger partial charge in [0.25, 0.3) is 5.78 Å². The summed E-state index contributed by atoms with van der Waals surface area (Å²) in [6.07, 6.45) is 7.59. The molecule has 31 heavy (non-hydrogen) atoms. The third-order valence-electron chi connectivity index (χ3n) is 5.35. The normalized spacial score (nSPS) is 14.6. The summed E-state index contributed by atoms with van der Waals surface area (Å²) in [5, 5.41) is 10.7. The predicted octanol–water partition coefficient (Wildman–Crippen LogP) is 3.71. The Balaban J connectivity index is 1.46. The Morgan fingerprint density at radius 2 is 1.87 bits per heavy atom. The van der Waals surface area contributed by atoms with Crippen LogP contribution >= 0.6 is 0 Å². The van der Waals surface area contributed by atoms with E-state index in [0.717, 1.165) is 18.4 Å². The van der Waals surface area contributed by atoms with E-state index in [1.54, 1.807) is 18.4 Å². The molecule has 1 fully saturated rings. The van der Waals surface area contributed by atoms with Crippen LogP contribution < -0.4 is 10.6 Å². The average molecular weight is 417 g/mol. The Bertz CT molecular complexity index is 1170. The molecule has 4 aromatic rings. The molecule has 0 radical (unpaired) electrons. The molecular formula is C22H23N7O2. The lowest BCUT2D eigenvalue weighted by Gasteiger charge is -2.22. The van der Waals surface area contributed by atoms with Gasteiger partial charge in [-0.05, 0) is 30.5 Å². The highest BCUT2D eigenvalue weighted by Crippen LogP contribution is 2.22. The van der Waals surface area contributed by atoms with Gasteiger partial charge in [0.15, 0.2) is 5.76 Å². The summed E-state index contributed by atoms with van der Waals surface area (Å²) in [6.45, 7) is 0. The lowest BCUT2D eigenvalue weighted by Crippen LogP contribution is -2.25. The van der Waals surface area contributed by atoms with E-state index in [-0.39, 0.29) is 18.3 Å². The summed E-state index contributed by atoms with van der Waals surface area (Å²) in [7, 11) is 0. The van der Waals surface area contributed by atoms with Gasteiger partial charge in [0.05, 0.1) is 12.7 Å². The van der Waals surface area contributed by atoms with Crippen molar-refractivity contribution in [2.75, 3.05) is 10.6 Å². The first-order chi connectivity index (χ1) is 15.2. The van der Waals surface area contributed by atoms with Gasteiger partial charge in [-0.15, -0.1) is 5.10 Å². The van der Waals surface area contributed by atoms with Gasteiger partial charge in [0, 0.05) is 6.04 Å². The minimum atomic E-state index is -0.190. The molecule has 1 saturated carbocycles. The highest BCUT2D eigenvalue weighted by molar-refractivity contribution is 5.91. The number of anilines is 2. The number of amides is 1. The molecule has 0 bridgehead atoms. The molecule has 3 heterocycles. The lowest BCUT2D eigenvalue weighted by atomic mass is 9.96. The van der Waals surface area contributed by atoms with E-state index in [0.29, 0.717) is 29.4 Å². The van der Waals surface area contributed by atoms with Gasteiger partial charge in [0.1, 0.15) is 0 Å². The third kappa shape index (κ3) is 4.40. The quantitative estimate of drug-likeness (QED) is 0.492. The number of nitrogens with one attached hydrogen (secondary N) is 2. The second kappa shape index (κ2) is 8.55. The molecule has 2 N–H and O–H groups in total. The number of carbonyl (C=O) groups excluding carboxylic acids is 1. The zero-order chi connectivity index (χ0) is 21.0. The van der Waals surface area contributed by atoms with E-state index >= 15 is 0 Å². The highest BCUT2D eigenvalue weighted by Gasteiger charge is 2.19. The standard InChI is InChI=1S/C22H23N7O2/c30-18(14-15-8-3-1-4-9-15)24-21-26-20(23-16-10-5-2-6-11-16)27-22-25-19(28-29(21)22)17-12-7-13-31-17/h1,3-4,7-9,12-13,16H,2,5-6,10-11,14H2,(H2,23,24,25,26,27,28,30). The molecular weight excluding hydrogens is 394 g/mol.